The van der Waals surface area contributed by atoms with Crippen molar-refractivity contribution in [3.8, 4) is 5.75 Å². The van der Waals surface area contributed by atoms with Crippen LogP contribution in [0, 0.1) is 0 Å². The summed E-state index contributed by atoms with van der Waals surface area (Å²) in [6.45, 7) is 0. The number of hydrogen-bond acceptors (Lipinski definition) is 5. The van der Waals surface area contributed by atoms with Crippen molar-refractivity contribution < 1.29 is 9.53 Å². The monoisotopic (exact) mass is 400 g/mol. The Bertz CT molecular complexity index is 720. The van der Waals surface area contributed by atoms with Gasteiger partial charge in [-0.15, -0.1) is 0 Å². The summed E-state index contributed by atoms with van der Waals surface area (Å²) in [6, 6.07) is 5.34. The number of carbonyl (C=O) groups is 1. The summed E-state index contributed by atoms with van der Waals surface area (Å²) in [7, 11) is 1.60. The van der Waals surface area contributed by atoms with E-state index in [0.29, 0.717) is 15.9 Å². The third-order valence-corrected chi connectivity index (χ3v) is 5.62. The van der Waals surface area contributed by atoms with Crippen LogP contribution in [0.4, 0.5) is 10.8 Å². The molecule has 1 aromatic heterocycles. The minimum atomic E-state index is -0.109. The van der Waals surface area contributed by atoms with Crippen molar-refractivity contribution >= 4 is 55.5 Å². The number of rotatable bonds is 3. The van der Waals surface area contributed by atoms with Crippen LogP contribution in [0.25, 0.3) is 0 Å². The van der Waals surface area contributed by atoms with Gasteiger partial charge in [0.15, 0.2) is 10.9 Å². The number of nitrogens with one attached hydrogen (secondary N) is 1. The Kier molecular flexibility index (Phi) is 4.70. The SMILES string of the molecule is COc1ccc(Cl)cc1Nc1nc2c(s1)C(=O)C(Br)CCC2. The number of Topliss-reactive ketones (excluding diaryl/α,β-unsaturated/α-hetero) is 1. The zero-order chi connectivity index (χ0) is 15.7. The van der Waals surface area contributed by atoms with Crippen LogP contribution in [-0.4, -0.2) is 22.7 Å². The zero-order valence-corrected chi connectivity index (χ0v) is 15.0. The van der Waals surface area contributed by atoms with Gasteiger partial charge in [-0.3, -0.25) is 4.79 Å². The lowest BCUT2D eigenvalue weighted by Gasteiger charge is -2.09. The third kappa shape index (κ3) is 3.14. The summed E-state index contributed by atoms with van der Waals surface area (Å²) in [5.74, 6) is 0.801. The maximum Gasteiger partial charge on any atom is 0.188 e. The topological polar surface area (TPSA) is 51.2 Å². The van der Waals surface area contributed by atoms with Gasteiger partial charge in [0, 0.05) is 5.02 Å². The Morgan fingerprint density at radius 3 is 3.09 bits per heavy atom. The molecule has 0 amide bonds. The average Bonchev–Trinajstić information content (AvgIpc) is 2.84. The number of halogens is 2. The number of thiazole rings is 1. The third-order valence-electron chi connectivity index (χ3n) is 3.48. The van der Waals surface area contributed by atoms with Crippen LogP contribution in [0.3, 0.4) is 0 Å². The highest BCUT2D eigenvalue weighted by Crippen LogP contribution is 2.35. The molecule has 1 aliphatic carbocycles. The molecule has 3 rings (SSSR count). The van der Waals surface area contributed by atoms with E-state index in [2.05, 4.69) is 26.2 Å². The highest BCUT2D eigenvalue weighted by Gasteiger charge is 2.27. The van der Waals surface area contributed by atoms with Crippen LogP contribution in [-0.2, 0) is 6.42 Å². The van der Waals surface area contributed by atoms with Crippen LogP contribution in [0.1, 0.15) is 28.2 Å². The minimum absolute atomic E-state index is 0.109. The number of ether oxygens (including phenoxy) is 1. The summed E-state index contributed by atoms with van der Waals surface area (Å²) in [5.41, 5.74) is 1.61. The Hall–Kier alpha value is -1.11. The maximum absolute atomic E-state index is 12.3. The molecular formula is C15H14BrClN2O2S. The second-order valence-electron chi connectivity index (χ2n) is 4.99. The maximum atomic E-state index is 12.3. The van der Waals surface area contributed by atoms with E-state index in [0.717, 1.165) is 35.5 Å². The molecule has 0 saturated carbocycles. The molecule has 2 aromatic rings. The van der Waals surface area contributed by atoms with E-state index < -0.39 is 0 Å². The van der Waals surface area contributed by atoms with E-state index in [4.69, 9.17) is 16.3 Å². The fourth-order valence-electron chi connectivity index (χ4n) is 2.38. The fourth-order valence-corrected chi connectivity index (χ4v) is 4.28. The van der Waals surface area contributed by atoms with Crippen molar-refractivity contribution in [3.05, 3.63) is 33.8 Å². The molecule has 7 heteroatoms. The first-order valence-electron chi connectivity index (χ1n) is 6.87. The standard InChI is InChI=1S/C15H14BrClN2O2S/c1-21-12-6-5-8(17)7-11(12)19-15-18-10-4-2-3-9(16)13(20)14(10)22-15/h5-7,9H,2-4H2,1H3,(H,18,19). The molecule has 0 bridgehead atoms. The van der Waals surface area contributed by atoms with Gasteiger partial charge in [0.05, 0.1) is 28.2 Å². The van der Waals surface area contributed by atoms with E-state index in [1.807, 2.05) is 0 Å². The highest BCUT2D eigenvalue weighted by atomic mass is 79.9. The summed E-state index contributed by atoms with van der Waals surface area (Å²) >= 11 is 10.9. The van der Waals surface area contributed by atoms with Crippen molar-refractivity contribution in [1.82, 2.24) is 4.98 Å². The van der Waals surface area contributed by atoms with Gasteiger partial charge in [0.25, 0.3) is 0 Å². The van der Waals surface area contributed by atoms with Gasteiger partial charge in [0.1, 0.15) is 5.75 Å². The quantitative estimate of drug-likeness (QED) is 0.591. The van der Waals surface area contributed by atoms with Crippen LogP contribution < -0.4 is 10.1 Å². The molecule has 1 atom stereocenters. The van der Waals surface area contributed by atoms with Crippen LogP contribution in [0.2, 0.25) is 5.02 Å². The molecule has 0 saturated heterocycles. The first-order chi connectivity index (χ1) is 10.6. The number of hydrogen-bond donors (Lipinski definition) is 1. The lowest BCUT2D eigenvalue weighted by molar-refractivity contribution is 0.0994. The minimum Gasteiger partial charge on any atom is -0.495 e. The van der Waals surface area contributed by atoms with Crippen LogP contribution in [0.5, 0.6) is 5.75 Å². The molecule has 0 radical (unpaired) electrons. The van der Waals surface area contributed by atoms with Crippen molar-refractivity contribution in [1.29, 1.82) is 0 Å². The Morgan fingerprint density at radius 1 is 1.50 bits per heavy atom. The molecule has 1 aromatic carbocycles. The van der Waals surface area contributed by atoms with E-state index >= 15 is 0 Å². The van der Waals surface area contributed by atoms with E-state index in [1.54, 1.807) is 25.3 Å². The largest absolute Gasteiger partial charge is 0.495 e. The molecule has 1 heterocycles. The second-order valence-corrected chi connectivity index (χ2v) is 7.53. The second kappa shape index (κ2) is 6.56. The number of alkyl halides is 1. The zero-order valence-electron chi connectivity index (χ0n) is 11.9. The number of carbonyl (C=O) groups excluding carboxylic acids is 1. The van der Waals surface area contributed by atoms with E-state index in [-0.39, 0.29) is 10.6 Å². The molecule has 116 valence electrons. The highest BCUT2D eigenvalue weighted by molar-refractivity contribution is 9.10. The summed E-state index contributed by atoms with van der Waals surface area (Å²) < 4.78 is 5.31. The number of aromatic nitrogens is 1. The van der Waals surface area contributed by atoms with E-state index in [1.165, 1.54) is 11.3 Å². The smallest absolute Gasteiger partial charge is 0.188 e. The number of methoxy groups -OCH3 is 1. The molecular weight excluding hydrogens is 388 g/mol. The first-order valence-corrected chi connectivity index (χ1v) is 8.98. The van der Waals surface area contributed by atoms with Gasteiger partial charge in [-0.1, -0.05) is 38.9 Å². The van der Waals surface area contributed by atoms with E-state index in [9.17, 15) is 4.79 Å². The van der Waals surface area contributed by atoms with Gasteiger partial charge >= 0.3 is 0 Å². The van der Waals surface area contributed by atoms with Crippen LogP contribution >= 0.6 is 38.9 Å². The summed E-state index contributed by atoms with van der Waals surface area (Å²) in [4.78, 5) is 17.5. The molecule has 22 heavy (non-hydrogen) atoms. The van der Waals surface area contributed by atoms with Crippen molar-refractivity contribution in [2.24, 2.45) is 0 Å². The number of nitrogens with zero attached hydrogens (tertiary/aromatic N) is 1. The van der Waals surface area contributed by atoms with Gasteiger partial charge < -0.3 is 10.1 Å². The molecule has 0 aliphatic heterocycles. The fraction of sp³-hybridized carbons (Fsp3) is 0.333. The predicted molar refractivity (Wildman–Crippen MR) is 93.4 cm³/mol. The lowest BCUT2D eigenvalue weighted by Crippen LogP contribution is -2.11. The van der Waals surface area contributed by atoms with Gasteiger partial charge in [-0.2, -0.15) is 0 Å². The molecule has 0 fully saturated rings. The van der Waals surface area contributed by atoms with Gasteiger partial charge in [0.2, 0.25) is 0 Å². The number of benzene rings is 1. The number of aryl methyl sites for hydroxylation is 1. The van der Waals surface area contributed by atoms with Gasteiger partial charge in [-0.25, -0.2) is 4.98 Å². The Labute approximate surface area is 146 Å². The Balaban J connectivity index is 1.92. The molecule has 1 unspecified atom stereocenters. The van der Waals surface area contributed by atoms with Crippen LogP contribution in [0.15, 0.2) is 18.2 Å². The number of fused-ring (bicyclic) bond motifs is 1. The van der Waals surface area contributed by atoms with Crippen molar-refractivity contribution in [2.45, 2.75) is 24.1 Å². The average molecular weight is 402 g/mol. The van der Waals surface area contributed by atoms with Gasteiger partial charge in [-0.05, 0) is 37.5 Å². The molecule has 4 nitrogen and oxygen atoms in total. The molecule has 1 aliphatic rings. The van der Waals surface area contributed by atoms with Crippen molar-refractivity contribution in [2.75, 3.05) is 12.4 Å². The molecule has 1 N–H and O–H groups in total. The lowest BCUT2D eigenvalue weighted by atomic mass is 10.2. The number of ketones is 1. The number of anilines is 2. The predicted octanol–water partition coefficient (Wildman–Crippen LogP) is 4.83. The summed E-state index contributed by atoms with van der Waals surface area (Å²) in [6.07, 6.45) is 2.64. The summed E-state index contributed by atoms with van der Waals surface area (Å²) in [5, 5.41) is 4.50. The van der Waals surface area contributed by atoms with Crippen molar-refractivity contribution in [3.63, 3.8) is 0 Å². The normalized spacial score (nSPS) is 17.8. The molecule has 0 spiro atoms. The first kappa shape index (κ1) is 15.8. The Morgan fingerprint density at radius 2 is 2.32 bits per heavy atom.